The number of fused-ring (bicyclic) bond motifs is 1. The first kappa shape index (κ1) is 24.5. The molecule has 2 aromatic heterocycles. The van der Waals surface area contributed by atoms with Crippen LogP contribution >= 0.6 is 22.9 Å². The molecule has 188 valence electrons. The molecule has 1 aromatic carbocycles. The van der Waals surface area contributed by atoms with E-state index in [1.165, 1.54) is 16.9 Å². The molecule has 11 heteroatoms. The molecule has 1 N–H and O–H groups in total. The molecular formula is C25H26ClN5O4S. The molecule has 0 saturated carbocycles. The molecule has 9 nitrogen and oxygen atoms in total. The Kier molecular flexibility index (Phi) is 7.08. The number of ether oxygens (including phenoxy) is 2. The normalized spacial score (nSPS) is 18.2. The molecule has 2 aliphatic rings. The van der Waals surface area contributed by atoms with Crippen LogP contribution in [0.2, 0.25) is 0 Å². The fraction of sp³-hybridized carbons (Fsp3) is 0.360. The maximum Gasteiger partial charge on any atom is 0.346 e. The van der Waals surface area contributed by atoms with Gasteiger partial charge in [0.2, 0.25) is 0 Å². The molecule has 0 saturated heterocycles. The van der Waals surface area contributed by atoms with Crippen molar-refractivity contribution in [1.82, 2.24) is 14.5 Å². The van der Waals surface area contributed by atoms with Crippen LogP contribution in [0.4, 0.5) is 0 Å². The molecule has 0 aliphatic carbocycles. The minimum atomic E-state index is -0.919. The number of carboxylic acids is 1. The number of aromatic nitrogens is 2. The summed E-state index contributed by atoms with van der Waals surface area (Å²) in [6, 6.07) is 7.59. The van der Waals surface area contributed by atoms with E-state index >= 15 is 0 Å². The predicted molar refractivity (Wildman–Crippen MR) is 142 cm³/mol. The zero-order chi connectivity index (χ0) is 25.2. The number of benzene rings is 1. The Balaban J connectivity index is 1.30. The third-order valence-electron chi connectivity index (χ3n) is 6.27. The van der Waals surface area contributed by atoms with Gasteiger partial charge in [0.25, 0.3) is 0 Å². The summed E-state index contributed by atoms with van der Waals surface area (Å²) in [7, 11) is 3.57. The van der Waals surface area contributed by atoms with Crippen molar-refractivity contribution in [2.75, 3.05) is 33.4 Å². The number of halogens is 1. The second-order valence-corrected chi connectivity index (χ2v) is 10.2. The van der Waals surface area contributed by atoms with Gasteiger partial charge in [-0.3, -0.25) is 9.89 Å². The number of carbonyl (C=O) groups is 1. The number of rotatable bonds is 8. The Bertz CT molecular complexity index is 1390. The third-order valence-corrected chi connectivity index (χ3v) is 7.52. The fourth-order valence-electron chi connectivity index (χ4n) is 4.32. The number of thiophene rings is 1. The summed E-state index contributed by atoms with van der Waals surface area (Å²) in [6.07, 6.45) is 4.75. The van der Waals surface area contributed by atoms with Crippen LogP contribution < -0.4 is 9.47 Å². The molecule has 0 spiro atoms. The van der Waals surface area contributed by atoms with Crippen molar-refractivity contribution < 1.29 is 19.4 Å². The molecule has 1 unspecified atom stereocenters. The summed E-state index contributed by atoms with van der Waals surface area (Å²) in [6.45, 7) is 3.05. The second-order valence-electron chi connectivity index (χ2n) is 8.58. The molecule has 0 radical (unpaired) electrons. The van der Waals surface area contributed by atoms with Crippen LogP contribution in [0.15, 0.2) is 40.3 Å². The monoisotopic (exact) mass is 527 g/mol. The molecule has 0 amide bonds. The van der Waals surface area contributed by atoms with Crippen LogP contribution in [0, 0.1) is 0 Å². The van der Waals surface area contributed by atoms with E-state index in [9.17, 15) is 9.90 Å². The third kappa shape index (κ3) is 5.02. The van der Waals surface area contributed by atoms with Gasteiger partial charge in [0.1, 0.15) is 22.1 Å². The van der Waals surface area contributed by atoms with Crippen molar-refractivity contribution in [3.8, 4) is 11.5 Å². The molecule has 36 heavy (non-hydrogen) atoms. The van der Waals surface area contributed by atoms with E-state index in [0.29, 0.717) is 35.3 Å². The van der Waals surface area contributed by atoms with Gasteiger partial charge in [-0.05, 0) is 24.1 Å². The molecule has 0 bridgehead atoms. The number of hydrogen-bond donors (Lipinski definition) is 1. The number of imidazole rings is 1. The lowest BCUT2D eigenvalue weighted by atomic mass is 9.98. The zero-order valence-electron chi connectivity index (χ0n) is 20.0. The van der Waals surface area contributed by atoms with Crippen molar-refractivity contribution in [3.63, 3.8) is 0 Å². The van der Waals surface area contributed by atoms with Gasteiger partial charge in [-0.2, -0.15) is 0 Å². The lowest BCUT2D eigenvalue weighted by Crippen LogP contribution is -2.29. The van der Waals surface area contributed by atoms with Crippen LogP contribution in [0.25, 0.3) is 15.9 Å². The number of aromatic carboxylic acids is 1. The van der Waals surface area contributed by atoms with Crippen molar-refractivity contribution >= 4 is 56.9 Å². The quantitative estimate of drug-likeness (QED) is 0.443. The largest absolute Gasteiger partial charge is 0.493 e. The first-order valence-corrected chi connectivity index (χ1v) is 12.8. The first-order chi connectivity index (χ1) is 17.4. The number of alkyl halides is 1. The number of nitrogens with zero attached hydrogens (tertiary/aromatic N) is 5. The van der Waals surface area contributed by atoms with Gasteiger partial charge in [-0.25, -0.2) is 14.8 Å². The summed E-state index contributed by atoms with van der Waals surface area (Å²) in [5.41, 5.74) is 3.05. The highest BCUT2D eigenvalue weighted by Gasteiger charge is 2.22. The lowest BCUT2D eigenvalue weighted by molar-refractivity contribution is 0.0702. The summed E-state index contributed by atoms with van der Waals surface area (Å²) < 4.78 is 13.7. The molecule has 0 fully saturated rings. The fourth-order valence-corrected chi connectivity index (χ4v) is 5.36. The molecule has 2 aliphatic heterocycles. The number of aryl methyl sites for hydroxylation is 1. The average Bonchev–Trinajstić information content (AvgIpc) is 3.43. The Morgan fingerprint density at radius 2 is 2.22 bits per heavy atom. The molecular weight excluding hydrogens is 502 g/mol. The Morgan fingerprint density at radius 1 is 1.36 bits per heavy atom. The van der Waals surface area contributed by atoms with Crippen molar-refractivity contribution in [1.29, 1.82) is 0 Å². The second kappa shape index (κ2) is 10.4. The first-order valence-electron chi connectivity index (χ1n) is 11.5. The van der Waals surface area contributed by atoms with Crippen molar-refractivity contribution in [2.24, 2.45) is 17.0 Å². The van der Waals surface area contributed by atoms with E-state index in [2.05, 4.69) is 25.9 Å². The number of para-hydroxylation sites is 1. The van der Waals surface area contributed by atoms with E-state index in [0.717, 1.165) is 41.2 Å². The Labute approximate surface area is 217 Å². The van der Waals surface area contributed by atoms with Crippen molar-refractivity contribution in [2.45, 2.75) is 18.3 Å². The minimum absolute atomic E-state index is 0.171. The average molecular weight is 528 g/mol. The number of amidine groups is 1. The maximum absolute atomic E-state index is 11.3. The minimum Gasteiger partial charge on any atom is -0.493 e. The van der Waals surface area contributed by atoms with Crippen LogP contribution in [-0.4, -0.2) is 76.3 Å². The Hall–Kier alpha value is -3.21. The van der Waals surface area contributed by atoms with Crippen LogP contribution in [0.3, 0.4) is 0 Å². The highest BCUT2D eigenvalue weighted by Crippen LogP contribution is 2.38. The number of carboxylic acid groups (broad SMARTS) is 1. The van der Waals surface area contributed by atoms with Crippen LogP contribution in [0.1, 0.15) is 27.5 Å². The topological polar surface area (TPSA) is 102 Å². The smallest absolute Gasteiger partial charge is 0.346 e. The zero-order valence-corrected chi connectivity index (χ0v) is 21.6. The molecule has 1 atom stereocenters. The van der Waals surface area contributed by atoms with Gasteiger partial charge in [0.15, 0.2) is 17.3 Å². The molecule has 5 rings (SSSR count). The lowest BCUT2D eigenvalue weighted by Gasteiger charge is -2.27. The van der Waals surface area contributed by atoms with Gasteiger partial charge < -0.3 is 19.1 Å². The van der Waals surface area contributed by atoms with Crippen LogP contribution in [-0.2, 0) is 13.6 Å². The molecule has 4 heterocycles. The van der Waals surface area contributed by atoms with E-state index in [1.54, 1.807) is 19.4 Å². The summed E-state index contributed by atoms with van der Waals surface area (Å²) in [4.78, 5) is 28.0. The summed E-state index contributed by atoms with van der Waals surface area (Å²) in [5.74, 6) is 1.96. The van der Waals surface area contributed by atoms with E-state index < -0.39 is 5.97 Å². The Morgan fingerprint density at radius 3 is 2.89 bits per heavy atom. The highest BCUT2D eigenvalue weighted by molar-refractivity contribution is 7.20. The van der Waals surface area contributed by atoms with Crippen LogP contribution in [0.5, 0.6) is 11.5 Å². The number of methoxy groups -OCH3 is 1. The van der Waals surface area contributed by atoms with Gasteiger partial charge in [-0.1, -0.05) is 18.2 Å². The van der Waals surface area contributed by atoms with Gasteiger partial charge in [0, 0.05) is 31.9 Å². The van der Waals surface area contributed by atoms with E-state index in [1.807, 2.05) is 29.8 Å². The summed E-state index contributed by atoms with van der Waals surface area (Å²) in [5, 5.41) is 9.06. The van der Waals surface area contributed by atoms with Crippen molar-refractivity contribution in [3.05, 3.63) is 46.6 Å². The predicted octanol–water partition coefficient (Wildman–Crippen LogP) is 4.10. The maximum atomic E-state index is 11.3. The highest BCUT2D eigenvalue weighted by atomic mass is 35.5. The van der Waals surface area contributed by atoms with Gasteiger partial charge in [0.05, 0.1) is 31.1 Å². The summed E-state index contributed by atoms with van der Waals surface area (Å²) >= 11 is 7.23. The standard InChI is InChI=1S/C25H26ClN5O4S/c1-30-18-10-20(25(32)33)36-24(18)29-22(30)13-31-8-6-15(7-9-31)17-4-3-5-19(34-2)23(17)35-14-21-27-11-16(26)12-28-21/h3-6,10-11,16H,7-9,12-14H2,1-2H3,(H,32,33). The van der Waals surface area contributed by atoms with Gasteiger partial charge >= 0.3 is 5.97 Å². The number of aliphatic imine (C=N–C) groups is 2. The van der Waals surface area contributed by atoms with E-state index in [4.69, 9.17) is 21.1 Å². The number of hydrogen-bond acceptors (Lipinski definition) is 8. The SMILES string of the molecule is COc1cccc(C2=CCN(Cc3nc4sc(C(=O)O)cc4n3C)CC2)c1OCC1=NCC(Cl)C=N1. The van der Waals surface area contributed by atoms with E-state index in [-0.39, 0.29) is 12.0 Å². The van der Waals surface area contributed by atoms with Gasteiger partial charge in [-0.15, -0.1) is 22.9 Å². The molecule has 3 aromatic rings.